The molecule has 4 nitrogen and oxygen atoms in total. The highest BCUT2D eigenvalue weighted by Gasteiger charge is 2.22. The number of rotatable bonds is 5. The second-order valence-electron chi connectivity index (χ2n) is 6.81. The largest absolute Gasteiger partial charge is 0.493 e. The van der Waals surface area contributed by atoms with Crippen molar-refractivity contribution in [3.05, 3.63) is 23.3 Å². The minimum atomic E-state index is 0.500. The lowest BCUT2D eigenvalue weighted by molar-refractivity contribution is 0.300. The van der Waals surface area contributed by atoms with Crippen LogP contribution in [-0.2, 0) is 6.54 Å². The molecule has 0 heterocycles. The van der Waals surface area contributed by atoms with E-state index in [1.165, 1.54) is 36.8 Å². The fourth-order valence-corrected chi connectivity index (χ4v) is 3.54. The van der Waals surface area contributed by atoms with Gasteiger partial charge in [0.2, 0.25) is 0 Å². The molecule has 1 fully saturated rings. The minimum absolute atomic E-state index is 0.500. The number of thiocarbonyl (C=S) groups is 1. The van der Waals surface area contributed by atoms with Gasteiger partial charge in [-0.1, -0.05) is 19.8 Å². The Labute approximate surface area is 151 Å². The third-order valence-corrected chi connectivity index (χ3v) is 5.45. The van der Waals surface area contributed by atoms with Gasteiger partial charge < -0.3 is 19.7 Å². The molecule has 1 aromatic carbocycles. The van der Waals surface area contributed by atoms with Gasteiger partial charge >= 0.3 is 0 Å². The Morgan fingerprint density at radius 1 is 1.21 bits per heavy atom. The van der Waals surface area contributed by atoms with Crippen LogP contribution in [0.2, 0.25) is 0 Å². The van der Waals surface area contributed by atoms with E-state index in [2.05, 4.69) is 24.1 Å². The molecule has 2 atom stereocenters. The number of benzene rings is 1. The van der Waals surface area contributed by atoms with Crippen molar-refractivity contribution in [2.75, 3.05) is 21.3 Å². The molecule has 0 bridgehead atoms. The highest BCUT2D eigenvalue weighted by molar-refractivity contribution is 7.80. The lowest BCUT2D eigenvalue weighted by Gasteiger charge is -2.33. The minimum Gasteiger partial charge on any atom is -0.493 e. The molecule has 0 unspecified atom stereocenters. The van der Waals surface area contributed by atoms with Gasteiger partial charge in [-0.05, 0) is 61.2 Å². The average Bonchev–Trinajstić information content (AvgIpc) is 2.58. The summed E-state index contributed by atoms with van der Waals surface area (Å²) in [4.78, 5) is 2.10. The van der Waals surface area contributed by atoms with Crippen LogP contribution < -0.4 is 14.8 Å². The molecule has 1 aromatic rings. The molecule has 0 aliphatic heterocycles. The van der Waals surface area contributed by atoms with Crippen molar-refractivity contribution in [3.63, 3.8) is 0 Å². The molecular weight excluding hydrogens is 320 g/mol. The summed E-state index contributed by atoms with van der Waals surface area (Å²) in [5, 5.41) is 4.38. The Morgan fingerprint density at radius 2 is 1.83 bits per heavy atom. The van der Waals surface area contributed by atoms with Crippen molar-refractivity contribution in [2.45, 2.75) is 52.1 Å². The van der Waals surface area contributed by atoms with Crippen molar-refractivity contribution in [1.82, 2.24) is 10.2 Å². The van der Waals surface area contributed by atoms with Gasteiger partial charge in [-0.3, -0.25) is 0 Å². The van der Waals surface area contributed by atoms with Gasteiger partial charge in [-0.15, -0.1) is 0 Å². The molecule has 5 heteroatoms. The fraction of sp³-hybridized carbons (Fsp3) is 0.632. The maximum absolute atomic E-state index is 5.62. The highest BCUT2D eigenvalue weighted by Crippen LogP contribution is 2.31. The highest BCUT2D eigenvalue weighted by atomic mass is 32.1. The Bertz CT molecular complexity index is 577. The molecular formula is C19H30N2O2S. The van der Waals surface area contributed by atoms with Crippen LogP contribution in [-0.4, -0.2) is 37.3 Å². The van der Waals surface area contributed by atoms with E-state index in [0.29, 0.717) is 12.0 Å². The topological polar surface area (TPSA) is 33.7 Å². The van der Waals surface area contributed by atoms with Gasteiger partial charge in [-0.2, -0.15) is 0 Å². The summed E-state index contributed by atoms with van der Waals surface area (Å²) in [5.41, 5.74) is 2.37. The van der Waals surface area contributed by atoms with E-state index in [9.17, 15) is 0 Å². The molecule has 1 N–H and O–H groups in total. The van der Waals surface area contributed by atoms with Crippen LogP contribution in [0.4, 0.5) is 0 Å². The zero-order valence-electron chi connectivity index (χ0n) is 15.5. The van der Waals surface area contributed by atoms with Crippen molar-refractivity contribution in [2.24, 2.45) is 5.92 Å². The second kappa shape index (κ2) is 8.56. The third kappa shape index (κ3) is 4.53. The Kier molecular flexibility index (Phi) is 6.72. The van der Waals surface area contributed by atoms with Crippen LogP contribution >= 0.6 is 12.2 Å². The summed E-state index contributed by atoms with van der Waals surface area (Å²) in [6, 6.07) is 4.55. The van der Waals surface area contributed by atoms with Crippen LogP contribution in [0.5, 0.6) is 11.5 Å². The van der Waals surface area contributed by atoms with Crippen LogP contribution in [0.15, 0.2) is 12.1 Å². The summed E-state index contributed by atoms with van der Waals surface area (Å²) < 4.78 is 10.8. The molecule has 0 radical (unpaired) electrons. The Balaban J connectivity index is 2.03. The first-order chi connectivity index (χ1) is 11.5. The van der Waals surface area contributed by atoms with E-state index in [1.54, 1.807) is 14.2 Å². The van der Waals surface area contributed by atoms with Crippen molar-refractivity contribution in [1.29, 1.82) is 0 Å². The molecule has 1 aliphatic rings. The van der Waals surface area contributed by atoms with Crippen molar-refractivity contribution >= 4 is 17.3 Å². The lowest BCUT2D eigenvalue weighted by atomic mass is 9.86. The third-order valence-electron chi connectivity index (χ3n) is 5.02. The van der Waals surface area contributed by atoms with E-state index in [-0.39, 0.29) is 0 Å². The molecule has 0 amide bonds. The number of hydrogen-bond acceptors (Lipinski definition) is 3. The van der Waals surface area contributed by atoms with Crippen LogP contribution in [0.25, 0.3) is 0 Å². The van der Waals surface area contributed by atoms with Gasteiger partial charge in [0, 0.05) is 19.6 Å². The van der Waals surface area contributed by atoms with Gasteiger partial charge in [0.15, 0.2) is 16.6 Å². The number of hydrogen-bond donors (Lipinski definition) is 1. The monoisotopic (exact) mass is 350 g/mol. The standard InChI is InChI=1S/C19H30N2O2S/c1-13-8-6-7-9-16(13)20-19(24)21(3)12-15-11-18(23-5)17(22-4)10-14(15)2/h10-11,13,16H,6-9,12H2,1-5H3,(H,20,24)/t13-,16+/m1/s1. The summed E-state index contributed by atoms with van der Waals surface area (Å²) in [6.07, 6.45) is 5.14. The number of aryl methyl sites for hydroxylation is 1. The molecule has 134 valence electrons. The zero-order valence-corrected chi connectivity index (χ0v) is 16.3. The Morgan fingerprint density at radius 3 is 2.46 bits per heavy atom. The maximum Gasteiger partial charge on any atom is 0.169 e. The molecule has 0 spiro atoms. The predicted octanol–water partition coefficient (Wildman–Crippen LogP) is 3.90. The molecule has 0 saturated heterocycles. The average molecular weight is 351 g/mol. The van der Waals surface area contributed by atoms with E-state index < -0.39 is 0 Å². The first-order valence-corrected chi connectivity index (χ1v) is 9.10. The smallest absolute Gasteiger partial charge is 0.169 e. The molecule has 1 saturated carbocycles. The van der Waals surface area contributed by atoms with Gasteiger partial charge in [-0.25, -0.2) is 0 Å². The lowest BCUT2D eigenvalue weighted by Crippen LogP contribution is -2.46. The van der Waals surface area contributed by atoms with Gasteiger partial charge in [0.25, 0.3) is 0 Å². The van der Waals surface area contributed by atoms with E-state index in [0.717, 1.165) is 23.2 Å². The van der Waals surface area contributed by atoms with Crippen LogP contribution in [0.1, 0.15) is 43.7 Å². The van der Waals surface area contributed by atoms with Crippen LogP contribution in [0.3, 0.4) is 0 Å². The SMILES string of the molecule is COc1cc(C)c(CN(C)C(=S)N[C@H]2CCCC[C@H]2C)cc1OC. The maximum atomic E-state index is 5.62. The summed E-state index contributed by atoms with van der Waals surface area (Å²) >= 11 is 5.62. The number of methoxy groups -OCH3 is 2. The molecule has 2 rings (SSSR count). The van der Waals surface area contributed by atoms with Gasteiger partial charge in [0.1, 0.15) is 0 Å². The van der Waals surface area contributed by atoms with Crippen LogP contribution in [0, 0.1) is 12.8 Å². The zero-order chi connectivity index (χ0) is 17.7. The van der Waals surface area contributed by atoms with Crippen molar-refractivity contribution in [3.8, 4) is 11.5 Å². The van der Waals surface area contributed by atoms with E-state index in [4.69, 9.17) is 21.7 Å². The number of nitrogens with one attached hydrogen (secondary N) is 1. The summed E-state index contributed by atoms with van der Waals surface area (Å²) in [6.45, 7) is 5.15. The molecule has 24 heavy (non-hydrogen) atoms. The quantitative estimate of drug-likeness (QED) is 0.815. The van der Waals surface area contributed by atoms with E-state index in [1.807, 2.05) is 19.2 Å². The Hall–Kier alpha value is -1.49. The van der Waals surface area contributed by atoms with Gasteiger partial charge in [0.05, 0.1) is 14.2 Å². The fourth-order valence-electron chi connectivity index (χ4n) is 3.32. The van der Waals surface area contributed by atoms with E-state index >= 15 is 0 Å². The first-order valence-electron chi connectivity index (χ1n) is 8.69. The van der Waals surface area contributed by atoms with Crippen molar-refractivity contribution < 1.29 is 9.47 Å². The second-order valence-corrected chi connectivity index (χ2v) is 7.19. The molecule has 1 aliphatic carbocycles. The summed E-state index contributed by atoms with van der Waals surface area (Å²) in [5.74, 6) is 2.21. The first kappa shape index (κ1) is 18.8. The molecule has 0 aromatic heterocycles. The predicted molar refractivity (Wildman–Crippen MR) is 103 cm³/mol. The summed E-state index contributed by atoms with van der Waals surface area (Å²) in [7, 11) is 5.36. The number of nitrogens with zero attached hydrogens (tertiary/aromatic N) is 1. The normalized spacial score (nSPS) is 20.4. The number of ether oxygens (including phenoxy) is 2.